The van der Waals surface area contributed by atoms with Crippen LogP contribution in [0.3, 0.4) is 0 Å². The van der Waals surface area contributed by atoms with Crippen molar-refractivity contribution in [1.82, 2.24) is 0 Å². The van der Waals surface area contributed by atoms with Crippen molar-refractivity contribution in [3.8, 4) is 0 Å². The standard InChI is InChI=1S/C14H31NO/c1-3-4-5-6-7-8-9-10-11-12-14(16)13(2)15/h13-14,16H,3-12,15H2,1-2H3/t13-,14+/m0/s1. The summed E-state index contributed by atoms with van der Waals surface area (Å²) in [7, 11) is 0. The first-order valence-corrected chi connectivity index (χ1v) is 7.12. The van der Waals surface area contributed by atoms with E-state index in [9.17, 15) is 5.11 Å². The van der Waals surface area contributed by atoms with Gasteiger partial charge in [-0.25, -0.2) is 0 Å². The Bertz CT molecular complexity index is 137. The molecule has 0 aromatic rings. The van der Waals surface area contributed by atoms with Gasteiger partial charge in [-0.05, 0) is 13.3 Å². The Balaban J connectivity index is 3.04. The Morgan fingerprint density at radius 2 is 1.31 bits per heavy atom. The highest BCUT2D eigenvalue weighted by atomic mass is 16.3. The maximum atomic E-state index is 9.50. The predicted molar refractivity (Wildman–Crippen MR) is 71.5 cm³/mol. The zero-order valence-corrected chi connectivity index (χ0v) is 11.3. The highest BCUT2D eigenvalue weighted by Crippen LogP contribution is 2.11. The summed E-state index contributed by atoms with van der Waals surface area (Å²) in [5, 5.41) is 9.50. The number of hydrogen-bond donors (Lipinski definition) is 2. The van der Waals surface area contributed by atoms with E-state index in [0.717, 1.165) is 12.8 Å². The van der Waals surface area contributed by atoms with Gasteiger partial charge in [0.05, 0.1) is 6.10 Å². The Hall–Kier alpha value is -0.0800. The van der Waals surface area contributed by atoms with Crippen molar-refractivity contribution >= 4 is 0 Å². The predicted octanol–water partition coefficient (Wildman–Crippen LogP) is 3.62. The molecule has 0 unspecified atom stereocenters. The molecule has 0 saturated heterocycles. The molecule has 0 rings (SSSR count). The molecule has 0 aliphatic rings. The van der Waals surface area contributed by atoms with E-state index in [2.05, 4.69) is 6.92 Å². The Labute approximate surface area is 102 Å². The lowest BCUT2D eigenvalue weighted by Crippen LogP contribution is -2.31. The van der Waals surface area contributed by atoms with Gasteiger partial charge in [0, 0.05) is 6.04 Å². The molecule has 98 valence electrons. The quantitative estimate of drug-likeness (QED) is 0.532. The number of aliphatic hydroxyl groups is 1. The minimum Gasteiger partial charge on any atom is -0.392 e. The number of hydrogen-bond acceptors (Lipinski definition) is 2. The fourth-order valence-corrected chi connectivity index (χ4v) is 1.93. The van der Waals surface area contributed by atoms with Crippen LogP contribution in [0.4, 0.5) is 0 Å². The lowest BCUT2D eigenvalue weighted by atomic mass is 10.0. The van der Waals surface area contributed by atoms with Crippen molar-refractivity contribution in [2.45, 2.75) is 90.2 Å². The summed E-state index contributed by atoms with van der Waals surface area (Å²) in [6.45, 7) is 4.13. The van der Waals surface area contributed by atoms with E-state index in [0.29, 0.717) is 0 Å². The number of unbranched alkanes of at least 4 members (excludes halogenated alkanes) is 8. The van der Waals surface area contributed by atoms with Gasteiger partial charge in [0.2, 0.25) is 0 Å². The van der Waals surface area contributed by atoms with Crippen LogP contribution < -0.4 is 5.73 Å². The van der Waals surface area contributed by atoms with E-state index in [-0.39, 0.29) is 12.1 Å². The monoisotopic (exact) mass is 229 g/mol. The second kappa shape index (κ2) is 11.4. The highest BCUT2D eigenvalue weighted by molar-refractivity contribution is 4.65. The molecule has 0 fully saturated rings. The van der Waals surface area contributed by atoms with E-state index in [1.165, 1.54) is 51.4 Å². The van der Waals surface area contributed by atoms with Crippen LogP contribution in [0.5, 0.6) is 0 Å². The summed E-state index contributed by atoms with van der Waals surface area (Å²) >= 11 is 0. The van der Waals surface area contributed by atoms with Gasteiger partial charge in [-0.3, -0.25) is 0 Å². The molecule has 3 N–H and O–H groups in total. The molecule has 0 spiro atoms. The molecule has 2 atom stereocenters. The molecular weight excluding hydrogens is 198 g/mol. The van der Waals surface area contributed by atoms with Crippen LogP contribution in [0.2, 0.25) is 0 Å². The first-order valence-electron chi connectivity index (χ1n) is 7.12. The summed E-state index contributed by atoms with van der Waals surface area (Å²) in [5.74, 6) is 0. The zero-order chi connectivity index (χ0) is 12.2. The molecule has 0 radical (unpaired) electrons. The van der Waals surface area contributed by atoms with Crippen molar-refractivity contribution in [3.05, 3.63) is 0 Å². The minimum atomic E-state index is -0.301. The van der Waals surface area contributed by atoms with Crippen molar-refractivity contribution in [1.29, 1.82) is 0 Å². The molecule has 2 heteroatoms. The lowest BCUT2D eigenvalue weighted by molar-refractivity contribution is 0.138. The van der Waals surface area contributed by atoms with Crippen molar-refractivity contribution < 1.29 is 5.11 Å². The molecule has 0 aromatic carbocycles. The smallest absolute Gasteiger partial charge is 0.0688 e. The molecule has 16 heavy (non-hydrogen) atoms. The summed E-state index contributed by atoms with van der Waals surface area (Å²) in [6.07, 6.45) is 12.5. The van der Waals surface area contributed by atoms with E-state index < -0.39 is 0 Å². The number of rotatable bonds is 11. The molecule has 0 saturated carbocycles. The fourth-order valence-electron chi connectivity index (χ4n) is 1.93. The highest BCUT2D eigenvalue weighted by Gasteiger charge is 2.07. The summed E-state index contributed by atoms with van der Waals surface area (Å²) in [5.41, 5.74) is 5.59. The van der Waals surface area contributed by atoms with Gasteiger partial charge in [0.1, 0.15) is 0 Å². The van der Waals surface area contributed by atoms with Gasteiger partial charge in [-0.1, -0.05) is 64.7 Å². The van der Waals surface area contributed by atoms with E-state index in [1.54, 1.807) is 0 Å². The van der Waals surface area contributed by atoms with Crippen LogP contribution in [0.1, 0.15) is 78.1 Å². The van der Waals surface area contributed by atoms with Crippen molar-refractivity contribution in [3.63, 3.8) is 0 Å². The third-order valence-electron chi connectivity index (χ3n) is 3.21. The molecule has 0 aliphatic carbocycles. The maximum Gasteiger partial charge on any atom is 0.0688 e. The van der Waals surface area contributed by atoms with Crippen LogP contribution >= 0.6 is 0 Å². The van der Waals surface area contributed by atoms with E-state index >= 15 is 0 Å². The van der Waals surface area contributed by atoms with Gasteiger partial charge < -0.3 is 10.8 Å². The normalized spacial score (nSPS) is 15.0. The van der Waals surface area contributed by atoms with Gasteiger partial charge in [0.25, 0.3) is 0 Å². The third-order valence-corrected chi connectivity index (χ3v) is 3.21. The van der Waals surface area contributed by atoms with Gasteiger partial charge >= 0.3 is 0 Å². The summed E-state index contributed by atoms with van der Waals surface area (Å²) < 4.78 is 0. The van der Waals surface area contributed by atoms with E-state index in [4.69, 9.17) is 5.73 Å². The fraction of sp³-hybridized carbons (Fsp3) is 1.00. The maximum absolute atomic E-state index is 9.50. The molecular formula is C14H31NO. The Morgan fingerprint density at radius 3 is 1.75 bits per heavy atom. The van der Waals surface area contributed by atoms with Crippen LogP contribution in [0.25, 0.3) is 0 Å². The molecule has 2 nitrogen and oxygen atoms in total. The summed E-state index contributed by atoms with van der Waals surface area (Å²) in [6, 6.07) is -0.0750. The van der Waals surface area contributed by atoms with Crippen LogP contribution in [0, 0.1) is 0 Å². The number of nitrogens with two attached hydrogens (primary N) is 1. The molecule has 0 aliphatic heterocycles. The van der Waals surface area contributed by atoms with Crippen molar-refractivity contribution in [2.75, 3.05) is 0 Å². The van der Waals surface area contributed by atoms with Crippen LogP contribution in [0.15, 0.2) is 0 Å². The largest absolute Gasteiger partial charge is 0.392 e. The molecule has 0 aromatic heterocycles. The topological polar surface area (TPSA) is 46.2 Å². The lowest BCUT2D eigenvalue weighted by Gasteiger charge is -2.13. The van der Waals surface area contributed by atoms with E-state index in [1.807, 2.05) is 6.92 Å². The number of aliphatic hydroxyl groups excluding tert-OH is 1. The first-order chi connectivity index (χ1) is 7.68. The SMILES string of the molecule is CCCCCCCCCCC[C@@H](O)[C@H](C)N. The Kier molecular flexibility index (Phi) is 11.3. The van der Waals surface area contributed by atoms with Gasteiger partial charge in [-0.2, -0.15) is 0 Å². The summed E-state index contributed by atoms with van der Waals surface area (Å²) in [4.78, 5) is 0. The van der Waals surface area contributed by atoms with Gasteiger partial charge in [-0.15, -0.1) is 0 Å². The van der Waals surface area contributed by atoms with Gasteiger partial charge in [0.15, 0.2) is 0 Å². The van der Waals surface area contributed by atoms with Crippen LogP contribution in [-0.4, -0.2) is 17.3 Å². The van der Waals surface area contributed by atoms with Crippen LogP contribution in [-0.2, 0) is 0 Å². The average molecular weight is 229 g/mol. The molecule has 0 bridgehead atoms. The Morgan fingerprint density at radius 1 is 0.875 bits per heavy atom. The first kappa shape index (κ1) is 15.9. The second-order valence-corrected chi connectivity index (χ2v) is 5.04. The van der Waals surface area contributed by atoms with Crippen molar-refractivity contribution in [2.24, 2.45) is 5.73 Å². The third kappa shape index (κ3) is 10.4. The molecule has 0 heterocycles. The zero-order valence-electron chi connectivity index (χ0n) is 11.3. The minimum absolute atomic E-state index is 0.0750. The average Bonchev–Trinajstić information content (AvgIpc) is 2.26. The second-order valence-electron chi connectivity index (χ2n) is 5.04. The molecule has 0 amide bonds.